The molecule has 1 unspecified atom stereocenters. The van der Waals surface area contributed by atoms with Crippen molar-refractivity contribution in [2.45, 2.75) is 38.1 Å². The van der Waals surface area contributed by atoms with Crippen LogP contribution in [0.4, 0.5) is 22.0 Å². The van der Waals surface area contributed by atoms with Gasteiger partial charge < -0.3 is 20.5 Å². The van der Waals surface area contributed by atoms with Gasteiger partial charge in [0.25, 0.3) is 0 Å². The van der Waals surface area contributed by atoms with Crippen LogP contribution in [0.2, 0.25) is 0 Å². The van der Waals surface area contributed by atoms with Crippen molar-refractivity contribution in [3.05, 3.63) is 42.0 Å². The summed E-state index contributed by atoms with van der Waals surface area (Å²) in [6.45, 7) is 2.80. The Morgan fingerprint density at radius 1 is 0.969 bits per heavy atom. The van der Waals surface area contributed by atoms with E-state index in [4.69, 9.17) is 10.7 Å². The van der Waals surface area contributed by atoms with Crippen molar-refractivity contribution in [3.63, 3.8) is 0 Å². The topological polar surface area (TPSA) is 99.8 Å². The van der Waals surface area contributed by atoms with Gasteiger partial charge in [-0.15, -0.1) is 0 Å². The van der Waals surface area contributed by atoms with Crippen molar-refractivity contribution in [2.75, 3.05) is 35.2 Å². The van der Waals surface area contributed by atoms with Gasteiger partial charge in [-0.3, -0.25) is 0 Å². The van der Waals surface area contributed by atoms with Gasteiger partial charge in [0.05, 0.1) is 17.9 Å². The Hall–Kier alpha value is -3.49. The molecule has 1 atom stereocenters. The molecule has 0 bridgehead atoms. The maximum Gasteiger partial charge on any atom is 0.224 e. The Bertz CT molecular complexity index is 1300. The minimum atomic E-state index is -0.261. The lowest BCUT2D eigenvalue weighted by molar-refractivity contribution is 0.568. The number of nitrogens with one attached hydrogen (secondary N) is 1. The highest BCUT2D eigenvalue weighted by atomic mass is 19.1. The first-order valence-electron chi connectivity index (χ1n) is 11.3. The van der Waals surface area contributed by atoms with Crippen molar-refractivity contribution in [1.82, 2.24) is 24.9 Å². The molecule has 0 radical (unpaired) electrons. The molecular formula is C23H25FN8. The predicted molar refractivity (Wildman–Crippen MR) is 123 cm³/mol. The van der Waals surface area contributed by atoms with E-state index in [1.165, 1.54) is 18.6 Å². The van der Waals surface area contributed by atoms with Gasteiger partial charge in [-0.2, -0.15) is 9.97 Å². The number of halogens is 1. The third-order valence-electron chi connectivity index (χ3n) is 6.61. The van der Waals surface area contributed by atoms with Gasteiger partial charge in [-0.05, 0) is 50.3 Å². The largest absolute Gasteiger partial charge is 0.368 e. The summed E-state index contributed by atoms with van der Waals surface area (Å²) in [7, 11) is 0. The van der Waals surface area contributed by atoms with Gasteiger partial charge in [0.2, 0.25) is 5.95 Å². The first kappa shape index (κ1) is 19.2. The summed E-state index contributed by atoms with van der Waals surface area (Å²) in [5, 5.41) is 0.947. The number of fused-ring (bicyclic) bond motifs is 2. The van der Waals surface area contributed by atoms with E-state index < -0.39 is 0 Å². The minimum absolute atomic E-state index is 0.0923. The van der Waals surface area contributed by atoms with Crippen molar-refractivity contribution in [2.24, 2.45) is 0 Å². The number of hydrogen-bond acceptors (Lipinski definition) is 7. The summed E-state index contributed by atoms with van der Waals surface area (Å²) >= 11 is 0. The molecule has 2 saturated heterocycles. The SMILES string of the molecule is Nc1nc(N2CCCC2c2cc3ccc(F)cc3nc2N2CCCCC2)c2[nH]cnc2n1. The summed E-state index contributed by atoms with van der Waals surface area (Å²) in [6.07, 6.45) is 7.17. The van der Waals surface area contributed by atoms with Gasteiger partial charge in [0, 0.05) is 36.7 Å². The van der Waals surface area contributed by atoms with E-state index in [1.807, 2.05) is 6.07 Å². The summed E-state index contributed by atoms with van der Waals surface area (Å²) in [5.74, 6) is 1.69. The fourth-order valence-electron chi connectivity index (χ4n) is 5.14. The van der Waals surface area contributed by atoms with E-state index >= 15 is 0 Å². The molecule has 0 aliphatic carbocycles. The molecule has 0 spiro atoms. The average molecular weight is 433 g/mol. The number of nitrogen functional groups attached to an aromatic ring is 1. The summed E-state index contributed by atoms with van der Waals surface area (Å²) in [4.78, 5) is 25.9. The van der Waals surface area contributed by atoms with Crippen LogP contribution in [0.15, 0.2) is 30.6 Å². The second-order valence-corrected chi connectivity index (χ2v) is 8.64. The number of anilines is 3. The zero-order valence-electron chi connectivity index (χ0n) is 17.8. The van der Waals surface area contributed by atoms with E-state index in [0.717, 1.165) is 73.4 Å². The molecule has 2 aliphatic rings. The van der Waals surface area contributed by atoms with Crippen LogP contribution in [0.5, 0.6) is 0 Å². The van der Waals surface area contributed by atoms with Crippen LogP contribution >= 0.6 is 0 Å². The second-order valence-electron chi connectivity index (χ2n) is 8.64. The van der Waals surface area contributed by atoms with Crippen LogP contribution in [0, 0.1) is 5.82 Å². The number of piperidine rings is 1. The van der Waals surface area contributed by atoms with Crippen LogP contribution in [0.3, 0.4) is 0 Å². The monoisotopic (exact) mass is 432 g/mol. The number of H-pyrrole nitrogens is 1. The molecule has 2 fully saturated rings. The number of nitrogens with zero attached hydrogens (tertiary/aromatic N) is 6. The minimum Gasteiger partial charge on any atom is -0.368 e. The Balaban J connectivity index is 1.51. The first-order chi connectivity index (χ1) is 15.7. The molecule has 6 rings (SSSR count). The van der Waals surface area contributed by atoms with E-state index in [-0.39, 0.29) is 17.8 Å². The van der Waals surface area contributed by atoms with E-state index in [2.05, 4.69) is 35.8 Å². The second kappa shape index (κ2) is 7.58. The molecule has 9 heteroatoms. The molecule has 8 nitrogen and oxygen atoms in total. The highest BCUT2D eigenvalue weighted by Gasteiger charge is 2.33. The number of nitrogens with two attached hydrogens (primary N) is 1. The number of aromatic amines is 1. The van der Waals surface area contributed by atoms with Crippen molar-refractivity contribution in [3.8, 4) is 0 Å². The number of aromatic nitrogens is 5. The smallest absolute Gasteiger partial charge is 0.224 e. The van der Waals surface area contributed by atoms with E-state index in [1.54, 1.807) is 6.33 Å². The predicted octanol–water partition coefficient (Wildman–Crippen LogP) is 3.95. The lowest BCUT2D eigenvalue weighted by Crippen LogP contribution is -2.33. The molecular weight excluding hydrogens is 407 g/mol. The first-order valence-corrected chi connectivity index (χ1v) is 11.3. The number of rotatable bonds is 3. The Labute approximate surface area is 184 Å². The van der Waals surface area contributed by atoms with Crippen LogP contribution in [-0.4, -0.2) is 44.6 Å². The highest BCUT2D eigenvalue weighted by Crippen LogP contribution is 2.42. The zero-order chi connectivity index (χ0) is 21.7. The van der Waals surface area contributed by atoms with Gasteiger partial charge in [-0.1, -0.05) is 0 Å². The van der Waals surface area contributed by atoms with Gasteiger partial charge in [0.1, 0.15) is 17.2 Å². The Morgan fingerprint density at radius 2 is 1.84 bits per heavy atom. The van der Waals surface area contributed by atoms with Gasteiger partial charge >= 0.3 is 0 Å². The van der Waals surface area contributed by atoms with E-state index in [0.29, 0.717) is 11.2 Å². The fraction of sp³-hybridized carbons (Fsp3) is 0.391. The van der Waals surface area contributed by atoms with Crippen LogP contribution < -0.4 is 15.5 Å². The molecule has 1 aromatic carbocycles. The van der Waals surface area contributed by atoms with E-state index in [9.17, 15) is 4.39 Å². The quantitative estimate of drug-likeness (QED) is 0.505. The number of hydrogen-bond donors (Lipinski definition) is 2. The number of imidazole rings is 1. The van der Waals surface area contributed by atoms with Gasteiger partial charge in [0.15, 0.2) is 11.5 Å². The summed E-state index contributed by atoms with van der Waals surface area (Å²) in [6, 6.07) is 7.12. The number of pyridine rings is 1. The highest BCUT2D eigenvalue weighted by molar-refractivity contribution is 5.86. The molecule has 5 heterocycles. The average Bonchev–Trinajstić information content (AvgIpc) is 3.48. The Kier molecular flexibility index (Phi) is 4.55. The normalized spacial score (nSPS) is 19.3. The van der Waals surface area contributed by atoms with Crippen LogP contribution in [0.25, 0.3) is 22.1 Å². The number of benzene rings is 1. The molecule has 164 valence electrons. The van der Waals surface area contributed by atoms with Crippen LogP contribution in [-0.2, 0) is 0 Å². The maximum atomic E-state index is 14.0. The molecule has 32 heavy (non-hydrogen) atoms. The zero-order valence-corrected chi connectivity index (χ0v) is 17.8. The Morgan fingerprint density at radius 3 is 2.72 bits per heavy atom. The standard InChI is InChI=1S/C23H25FN8/c24-15-7-6-14-11-16(21(28-17(14)12-15)31-8-2-1-3-9-31)18-5-4-10-32(18)22-19-20(27-13-26-19)29-23(25)30-22/h6-7,11-13,18H,1-5,8-10H2,(H3,25,26,27,29,30). The van der Waals surface area contributed by atoms with Gasteiger partial charge in [-0.25, -0.2) is 14.4 Å². The molecule has 4 aromatic rings. The summed E-state index contributed by atoms with van der Waals surface area (Å²) < 4.78 is 14.0. The maximum absolute atomic E-state index is 14.0. The lowest BCUT2D eigenvalue weighted by atomic mass is 10.0. The van der Waals surface area contributed by atoms with Crippen molar-refractivity contribution < 1.29 is 4.39 Å². The molecule has 2 aliphatic heterocycles. The fourth-order valence-corrected chi connectivity index (χ4v) is 5.14. The molecule has 0 amide bonds. The molecule has 3 aromatic heterocycles. The van der Waals surface area contributed by atoms with Crippen LogP contribution in [0.1, 0.15) is 43.7 Å². The lowest BCUT2D eigenvalue weighted by Gasteiger charge is -2.33. The van der Waals surface area contributed by atoms with Crippen molar-refractivity contribution in [1.29, 1.82) is 0 Å². The third kappa shape index (κ3) is 3.19. The molecule has 3 N–H and O–H groups in total. The molecule has 0 saturated carbocycles. The third-order valence-corrected chi connectivity index (χ3v) is 6.61. The van der Waals surface area contributed by atoms with Crippen molar-refractivity contribution >= 4 is 39.7 Å². The summed E-state index contributed by atoms with van der Waals surface area (Å²) in [5.41, 5.74) is 9.23.